The zero-order valence-corrected chi connectivity index (χ0v) is 10.7. The summed E-state index contributed by atoms with van der Waals surface area (Å²) in [7, 11) is 1.63. The molecule has 1 unspecified atom stereocenters. The molecule has 17 heavy (non-hydrogen) atoms. The number of methoxy groups -OCH3 is 1. The number of ether oxygens (including phenoxy) is 1. The van der Waals surface area contributed by atoms with Crippen LogP contribution in [0.3, 0.4) is 0 Å². The average Bonchev–Trinajstić information content (AvgIpc) is 3.11. The lowest BCUT2D eigenvalue weighted by Crippen LogP contribution is -2.39. The van der Waals surface area contributed by atoms with Crippen LogP contribution in [0.2, 0.25) is 5.02 Å². The lowest BCUT2D eigenvalue weighted by molar-refractivity contribution is 0.0122. The van der Waals surface area contributed by atoms with Crippen molar-refractivity contribution in [1.29, 1.82) is 0 Å². The third kappa shape index (κ3) is 2.33. The molecule has 0 spiro atoms. The Kier molecular flexibility index (Phi) is 3.73. The summed E-state index contributed by atoms with van der Waals surface area (Å²) in [6.45, 7) is 1.25. The lowest BCUT2D eigenvalue weighted by Gasteiger charge is -2.28. The van der Waals surface area contributed by atoms with Gasteiger partial charge in [-0.05, 0) is 18.8 Å². The molecule has 0 aliphatic heterocycles. The van der Waals surface area contributed by atoms with E-state index >= 15 is 0 Å². The van der Waals surface area contributed by atoms with Gasteiger partial charge >= 0.3 is 0 Å². The molecule has 1 aliphatic carbocycles. The van der Waals surface area contributed by atoms with Crippen molar-refractivity contribution in [2.24, 2.45) is 11.7 Å². The number of rotatable bonds is 6. The van der Waals surface area contributed by atoms with Gasteiger partial charge in [0.1, 0.15) is 5.60 Å². The zero-order valence-electron chi connectivity index (χ0n) is 9.90. The summed E-state index contributed by atoms with van der Waals surface area (Å²) < 4.78 is 6.71. The second-order valence-corrected chi connectivity index (χ2v) is 4.87. The normalized spacial score (nSPS) is 19.3. The predicted molar refractivity (Wildman–Crippen MR) is 64.8 cm³/mol. The minimum atomic E-state index is -1.05. The van der Waals surface area contributed by atoms with Gasteiger partial charge in [0.25, 0.3) is 0 Å². The van der Waals surface area contributed by atoms with Crippen LogP contribution in [0, 0.1) is 5.92 Å². The summed E-state index contributed by atoms with van der Waals surface area (Å²) in [6, 6.07) is 0. The molecule has 1 heterocycles. The van der Waals surface area contributed by atoms with E-state index in [-0.39, 0.29) is 12.5 Å². The maximum atomic E-state index is 10.7. The van der Waals surface area contributed by atoms with Crippen LogP contribution in [0.1, 0.15) is 18.5 Å². The van der Waals surface area contributed by atoms with Gasteiger partial charge in [-0.2, -0.15) is 5.10 Å². The van der Waals surface area contributed by atoms with E-state index in [9.17, 15) is 5.11 Å². The molecule has 0 amide bonds. The lowest BCUT2D eigenvalue weighted by atomic mass is 9.93. The monoisotopic (exact) mass is 259 g/mol. The molecule has 1 aromatic heterocycles. The maximum absolute atomic E-state index is 10.7. The van der Waals surface area contributed by atoms with E-state index in [4.69, 9.17) is 22.1 Å². The second-order valence-electron chi connectivity index (χ2n) is 4.46. The van der Waals surface area contributed by atoms with Crippen LogP contribution in [0.15, 0.2) is 6.20 Å². The molecule has 0 saturated heterocycles. The molecule has 3 N–H and O–H groups in total. The standard InChI is InChI=1S/C11H18ClN3O2/c1-17-5-4-15-10(9(12)6-14-15)11(16,7-13)8-2-3-8/h6,8,16H,2-5,7,13H2,1H3. The van der Waals surface area contributed by atoms with Crippen molar-refractivity contribution in [3.8, 4) is 0 Å². The highest BCUT2D eigenvalue weighted by Gasteiger charge is 2.47. The van der Waals surface area contributed by atoms with Gasteiger partial charge in [-0.25, -0.2) is 0 Å². The summed E-state index contributed by atoms with van der Waals surface area (Å²) in [4.78, 5) is 0. The summed E-state index contributed by atoms with van der Waals surface area (Å²) in [6.07, 6.45) is 3.52. The molecule has 0 bridgehead atoms. The SMILES string of the molecule is COCCn1ncc(Cl)c1C(O)(CN)C1CC1. The molecule has 1 atom stereocenters. The van der Waals surface area contributed by atoms with Crippen molar-refractivity contribution in [3.63, 3.8) is 0 Å². The number of aromatic nitrogens is 2. The smallest absolute Gasteiger partial charge is 0.123 e. The Hall–Kier alpha value is -0.620. The van der Waals surface area contributed by atoms with E-state index in [0.29, 0.717) is 23.9 Å². The van der Waals surface area contributed by atoms with Gasteiger partial charge < -0.3 is 15.6 Å². The van der Waals surface area contributed by atoms with Gasteiger partial charge in [-0.3, -0.25) is 4.68 Å². The first-order chi connectivity index (χ1) is 8.13. The molecule has 1 aliphatic rings. The number of nitrogens with two attached hydrogens (primary N) is 1. The van der Waals surface area contributed by atoms with E-state index in [0.717, 1.165) is 12.8 Å². The first-order valence-corrected chi connectivity index (χ1v) is 6.14. The number of hydrogen-bond donors (Lipinski definition) is 2. The molecule has 96 valence electrons. The first-order valence-electron chi connectivity index (χ1n) is 5.76. The Labute approximate surface area is 106 Å². The average molecular weight is 260 g/mol. The van der Waals surface area contributed by atoms with Crippen LogP contribution in [-0.4, -0.2) is 35.1 Å². The zero-order chi connectivity index (χ0) is 12.5. The van der Waals surface area contributed by atoms with Crippen molar-refractivity contribution in [2.45, 2.75) is 25.0 Å². The molecular weight excluding hydrogens is 242 g/mol. The van der Waals surface area contributed by atoms with E-state index in [1.54, 1.807) is 18.0 Å². The van der Waals surface area contributed by atoms with E-state index < -0.39 is 5.60 Å². The van der Waals surface area contributed by atoms with Crippen molar-refractivity contribution < 1.29 is 9.84 Å². The Bertz CT molecular complexity index is 392. The van der Waals surface area contributed by atoms with Crippen LogP contribution in [-0.2, 0) is 16.9 Å². The largest absolute Gasteiger partial charge is 0.383 e. The van der Waals surface area contributed by atoms with E-state index in [1.165, 1.54) is 0 Å². The highest BCUT2D eigenvalue weighted by atomic mass is 35.5. The minimum Gasteiger partial charge on any atom is -0.383 e. The molecule has 0 radical (unpaired) electrons. The molecular formula is C11H18ClN3O2. The summed E-state index contributed by atoms with van der Waals surface area (Å²) in [5, 5.41) is 15.3. The van der Waals surface area contributed by atoms with Crippen LogP contribution in [0.5, 0.6) is 0 Å². The van der Waals surface area contributed by atoms with Crippen molar-refractivity contribution in [2.75, 3.05) is 20.3 Å². The van der Waals surface area contributed by atoms with Crippen molar-refractivity contribution in [1.82, 2.24) is 9.78 Å². The number of halogens is 1. The topological polar surface area (TPSA) is 73.3 Å². The third-order valence-corrected chi connectivity index (χ3v) is 3.55. The summed E-state index contributed by atoms with van der Waals surface area (Å²) in [5.74, 6) is 0.197. The predicted octanol–water partition coefficient (Wildman–Crippen LogP) is 0.739. The van der Waals surface area contributed by atoms with Crippen LogP contribution >= 0.6 is 11.6 Å². The van der Waals surface area contributed by atoms with Crippen LogP contribution in [0.4, 0.5) is 0 Å². The quantitative estimate of drug-likeness (QED) is 0.790. The fourth-order valence-corrected chi connectivity index (χ4v) is 2.46. The second kappa shape index (κ2) is 4.94. The Balaban J connectivity index is 2.31. The Morgan fingerprint density at radius 3 is 2.94 bits per heavy atom. The van der Waals surface area contributed by atoms with Crippen molar-refractivity contribution in [3.05, 3.63) is 16.9 Å². The number of hydrogen-bond acceptors (Lipinski definition) is 4. The Morgan fingerprint density at radius 1 is 1.71 bits per heavy atom. The molecule has 1 aromatic rings. The van der Waals surface area contributed by atoms with Crippen molar-refractivity contribution >= 4 is 11.6 Å². The molecule has 1 saturated carbocycles. The number of aliphatic hydroxyl groups is 1. The third-order valence-electron chi connectivity index (χ3n) is 3.28. The summed E-state index contributed by atoms with van der Waals surface area (Å²) >= 11 is 6.12. The fraction of sp³-hybridized carbons (Fsp3) is 0.727. The molecule has 5 nitrogen and oxygen atoms in total. The first kappa shape index (κ1) is 12.8. The van der Waals surface area contributed by atoms with E-state index in [2.05, 4.69) is 5.10 Å². The van der Waals surface area contributed by atoms with Gasteiger partial charge in [0, 0.05) is 13.7 Å². The minimum absolute atomic E-state index is 0.163. The number of nitrogens with zero attached hydrogens (tertiary/aromatic N) is 2. The molecule has 6 heteroatoms. The van der Waals surface area contributed by atoms with Gasteiger partial charge in [0.2, 0.25) is 0 Å². The van der Waals surface area contributed by atoms with Gasteiger partial charge in [-0.15, -0.1) is 0 Å². The van der Waals surface area contributed by atoms with E-state index in [1.807, 2.05) is 0 Å². The van der Waals surface area contributed by atoms with Crippen LogP contribution < -0.4 is 5.73 Å². The summed E-state index contributed by atoms with van der Waals surface area (Å²) in [5.41, 5.74) is 5.30. The van der Waals surface area contributed by atoms with Crippen LogP contribution in [0.25, 0.3) is 0 Å². The van der Waals surface area contributed by atoms with Gasteiger partial charge in [-0.1, -0.05) is 11.6 Å². The van der Waals surface area contributed by atoms with Gasteiger partial charge in [0.15, 0.2) is 0 Å². The fourth-order valence-electron chi connectivity index (χ4n) is 2.16. The highest BCUT2D eigenvalue weighted by Crippen LogP contribution is 2.46. The van der Waals surface area contributed by atoms with Gasteiger partial charge in [0.05, 0.1) is 30.1 Å². The molecule has 2 rings (SSSR count). The maximum Gasteiger partial charge on any atom is 0.123 e. The molecule has 1 fully saturated rings. The Morgan fingerprint density at radius 2 is 2.41 bits per heavy atom. The molecule has 0 aromatic carbocycles. The highest BCUT2D eigenvalue weighted by molar-refractivity contribution is 6.31.